The summed E-state index contributed by atoms with van der Waals surface area (Å²) in [5, 5.41) is 11.2. The lowest BCUT2D eigenvalue weighted by atomic mass is 9.67. The number of hydrogen-bond donors (Lipinski definition) is 2. The van der Waals surface area contributed by atoms with Crippen LogP contribution in [0.25, 0.3) is 0 Å². The Kier molecular flexibility index (Phi) is 5.19. The van der Waals surface area contributed by atoms with Crippen LogP contribution >= 0.6 is 0 Å². The number of fused-ring (bicyclic) bond motifs is 1. The first kappa shape index (κ1) is 20.7. The molecule has 0 radical (unpaired) electrons. The Hall–Kier alpha value is -3.22. The van der Waals surface area contributed by atoms with Crippen LogP contribution in [-0.2, 0) is 28.3 Å². The van der Waals surface area contributed by atoms with Crippen LogP contribution in [0.15, 0.2) is 95.9 Å². The lowest BCUT2D eigenvalue weighted by Gasteiger charge is -2.35. The van der Waals surface area contributed by atoms with Gasteiger partial charge >= 0.3 is 0 Å². The highest BCUT2D eigenvalue weighted by molar-refractivity contribution is 7.90. The summed E-state index contributed by atoms with van der Waals surface area (Å²) >= 11 is 0. The third-order valence-electron chi connectivity index (χ3n) is 6.32. The highest BCUT2D eigenvalue weighted by Gasteiger charge is 2.45. The molecule has 1 aromatic heterocycles. The molecule has 0 spiro atoms. The van der Waals surface area contributed by atoms with Crippen molar-refractivity contribution in [2.75, 3.05) is 0 Å². The number of hydrogen-bond acceptors (Lipinski definition) is 3. The van der Waals surface area contributed by atoms with Crippen molar-refractivity contribution in [3.05, 3.63) is 119 Å². The van der Waals surface area contributed by atoms with Crippen molar-refractivity contribution in [2.24, 2.45) is 5.14 Å². The SMILES string of the molecule is N=S(N)(=O)c1c(C(c2ccccc2)(c2ccccc2)c2ccccc2)nn2c1CCCC2. The summed E-state index contributed by atoms with van der Waals surface area (Å²) in [5.74, 6) is 0. The van der Waals surface area contributed by atoms with Crippen LogP contribution < -0.4 is 5.14 Å². The molecule has 6 heteroatoms. The van der Waals surface area contributed by atoms with E-state index in [2.05, 4.69) is 36.4 Å². The van der Waals surface area contributed by atoms with Gasteiger partial charge in [0.15, 0.2) is 0 Å². The molecule has 0 aliphatic carbocycles. The molecule has 0 saturated carbocycles. The molecule has 1 atom stereocenters. The van der Waals surface area contributed by atoms with Gasteiger partial charge in [-0.3, -0.25) is 4.68 Å². The van der Waals surface area contributed by atoms with Crippen molar-refractivity contribution < 1.29 is 4.21 Å². The molecule has 1 unspecified atom stereocenters. The molecular formula is C26H26N4OS. The van der Waals surface area contributed by atoms with Crippen LogP contribution in [0.3, 0.4) is 0 Å². The Morgan fingerprint density at radius 3 is 1.72 bits per heavy atom. The minimum Gasteiger partial charge on any atom is -0.268 e. The molecule has 0 fully saturated rings. The highest BCUT2D eigenvalue weighted by atomic mass is 32.2. The maximum absolute atomic E-state index is 13.3. The van der Waals surface area contributed by atoms with E-state index in [1.165, 1.54) is 0 Å². The molecule has 5 nitrogen and oxygen atoms in total. The molecule has 2 heterocycles. The second-order valence-corrected chi connectivity index (χ2v) is 9.86. The molecule has 162 valence electrons. The fraction of sp³-hybridized carbons (Fsp3) is 0.192. The monoisotopic (exact) mass is 442 g/mol. The first-order chi connectivity index (χ1) is 15.5. The van der Waals surface area contributed by atoms with Crippen molar-refractivity contribution in [3.63, 3.8) is 0 Å². The summed E-state index contributed by atoms with van der Waals surface area (Å²) in [6.07, 6.45) is 2.71. The second-order valence-electron chi connectivity index (χ2n) is 8.25. The number of rotatable bonds is 5. The molecule has 0 bridgehead atoms. The molecule has 3 aromatic carbocycles. The van der Waals surface area contributed by atoms with Gasteiger partial charge in [0, 0.05) is 6.54 Å². The van der Waals surface area contributed by atoms with Crippen molar-refractivity contribution >= 4 is 9.92 Å². The average molecular weight is 443 g/mol. The summed E-state index contributed by atoms with van der Waals surface area (Å²) < 4.78 is 23.7. The van der Waals surface area contributed by atoms with Crippen molar-refractivity contribution in [1.82, 2.24) is 9.78 Å². The van der Waals surface area contributed by atoms with Gasteiger partial charge in [-0.25, -0.2) is 14.1 Å². The Morgan fingerprint density at radius 1 is 0.812 bits per heavy atom. The van der Waals surface area contributed by atoms with Crippen molar-refractivity contribution in [3.8, 4) is 0 Å². The first-order valence-corrected chi connectivity index (χ1v) is 12.5. The van der Waals surface area contributed by atoms with E-state index in [4.69, 9.17) is 15.0 Å². The lowest BCUT2D eigenvalue weighted by molar-refractivity contribution is 0.477. The van der Waals surface area contributed by atoms with Gasteiger partial charge < -0.3 is 0 Å². The van der Waals surface area contributed by atoms with Gasteiger partial charge in [0.05, 0.1) is 11.1 Å². The Labute approximate surface area is 189 Å². The van der Waals surface area contributed by atoms with Crippen LogP contribution in [0.1, 0.15) is 40.9 Å². The minimum atomic E-state index is -3.52. The number of nitrogens with two attached hydrogens (primary N) is 1. The summed E-state index contributed by atoms with van der Waals surface area (Å²) in [4.78, 5) is 0.383. The van der Waals surface area contributed by atoms with Crippen LogP contribution in [0, 0.1) is 4.78 Å². The Morgan fingerprint density at radius 2 is 1.28 bits per heavy atom. The predicted octanol–water partition coefficient (Wildman–Crippen LogP) is 4.88. The number of aromatic nitrogens is 2. The van der Waals surface area contributed by atoms with Gasteiger partial charge in [-0.05, 0) is 36.0 Å². The zero-order valence-electron chi connectivity index (χ0n) is 17.8. The number of nitrogens with zero attached hydrogens (tertiary/aromatic N) is 2. The largest absolute Gasteiger partial charge is 0.268 e. The highest BCUT2D eigenvalue weighted by Crippen LogP contribution is 2.47. The third kappa shape index (κ3) is 3.27. The average Bonchev–Trinajstić information content (AvgIpc) is 3.22. The van der Waals surface area contributed by atoms with Gasteiger partial charge in [0.25, 0.3) is 0 Å². The van der Waals surface area contributed by atoms with Crippen molar-refractivity contribution in [1.29, 1.82) is 4.78 Å². The second kappa shape index (κ2) is 8.04. The predicted molar refractivity (Wildman–Crippen MR) is 127 cm³/mol. The molecule has 0 saturated heterocycles. The van der Waals surface area contributed by atoms with E-state index < -0.39 is 15.3 Å². The van der Waals surface area contributed by atoms with E-state index in [9.17, 15) is 4.21 Å². The molecule has 1 aliphatic rings. The molecule has 32 heavy (non-hydrogen) atoms. The summed E-state index contributed by atoms with van der Waals surface area (Å²) in [6, 6.07) is 30.4. The Balaban J connectivity index is 1.99. The van der Waals surface area contributed by atoms with Crippen LogP contribution in [0.5, 0.6) is 0 Å². The zero-order valence-corrected chi connectivity index (χ0v) is 18.6. The van der Waals surface area contributed by atoms with E-state index in [-0.39, 0.29) is 0 Å². The smallest absolute Gasteiger partial charge is 0.135 e. The standard InChI is InChI=1S/C26H26N4OS/c27-32(28,31)24-23-18-10-11-19-30(23)29-25(24)26(20-12-4-1-5-13-20,21-14-6-2-7-15-21)22-16-8-3-9-17-22/h1-9,12-17H,10-11,18-19H2,(H3,27,28,31). The third-order valence-corrected chi connectivity index (χ3v) is 7.36. The minimum absolute atomic E-state index is 0.383. The number of aryl methyl sites for hydroxylation is 1. The molecular weight excluding hydrogens is 416 g/mol. The lowest BCUT2D eigenvalue weighted by Crippen LogP contribution is -2.34. The maximum Gasteiger partial charge on any atom is 0.135 e. The van der Waals surface area contributed by atoms with Gasteiger partial charge in [-0.15, -0.1) is 0 Å². The fourth-order valence-electron chi connectivity index (χ4n) is 5.00. The molecule has 3 N–H and O–H groups in total. The van der Waals surface area contributed by atoms with E-state index in [1.54, 1.807) is 0 Å². The van der Waals surface area contributed by atoms with Crippen LogP contribution in [-0.4, -0.2) is 14.0 Å². The van der Waals surface area contributed by atoms with E-state index >= 15 is 0 Å². The first-order valence-electron chi connectivity index (χ1n) is 10.9. The normalized spacial score (nSPS) is 15.7. The van der Waals surface area contributed by atoms with Gasteiger partial charge in [0.2, 0.25) is 0 Å². The topological polar surface area (TPSA) is 84.8 Å². The van der Waals surface area contributed by atoms with Gasteiger partial charge in [0.1, 0.15) is 20.5 Å². The van der Waals surface area contributed by atoms with E-state index in [1.807, 2.05) is 59.3 Å². The molecule has 5 rings (SSSR count). The quantitative estimate of drug-likeness (QED) is 0.432. The number of nitrogens with one attached hydrogen (secondary N) is 1. The summed E-state index contributed by atoms with van der Waals surface area (Å²) in [5.41, 5.74) is 3.57. The molecule has 0 amide bonds. The van der Waals surface area contributed by atoms with Gasteiger partial charge in [-0.1, -0.05) is 91.0 Å². The molecule has 1 aliphatic heterocycles. The zero-order chi connectivity index (χ0) is 22.2. The Bertz CT molecular complexity index is 1230. The van der Waals surface area contributed by atoms with Crippen LogP contribution in [0.4, 0.5) is 0 Å². The molecule has 4 aromatic rings. The number of benzene rings is 3. The van der Waals surface area contributed by atoms with Crippen molar-refractivity contribution in [2.45, 2.75) is 36.1 Å². The fourth-order valence-corrected chi connectivity index (χ4v) is 6.04. The van der Waals surface area contributed by atoms with E-state index in [0.29, 0.717) is 10.6 Å². The van der Waals surface area contributed by atoms with Gasteiger partial charge in [-0.2, -0.15) is 5.10 Å². The summed E-state index contributed by atoms with van der Waals surface area (Å²) in [6.45, 7) is 0.742. The van der Waals surface area contributed by atoms with E-state index in [0.717, 1.165) is 48.2 Å². The maximum atomic E-state index is 13.3. The summed E-state index contributed by atoms with van der Waals surface area (Å²) in [7, 11) is -3.52. The van der Waals surface area contributed by atoms with Crippen LogP contribution in [0.2, 0.25) is 0 Å².